The van der Waals surface area contributed by atoms with Crippen LogP contribution in [-0.2, 0) is 6.42 Å². The van der Waals surface area contributed by atoms with Gasteiger partial charge >= 0.3 is 0 Å². The molecule has 0 aliphatic rings. The number of anilines is 1. The maximum absolute atomic E-state index is 11.4. The monoisotopic (exact) mass is 308 g/mol. The van der Waals surface area contributed by atoms with Crippen molar-refractivity contribution >= 4 is 21.7 Å². The summed E-state index contributed by atoms with van der Waals surface area (Å²) in [5.74, 6) is 0.634. The van der Waals surface area contributed by atoms with Crippen LogP contribution in [0.3, 0.4) is 0 Å². The Bertz CT molecular complexity index is 570. The standard InChI is InChI=1S/C12H13BrN4O/c1-17(7-5-9-4-2-3-6-14-9)11-10(13)12(18)16-8-15-11/h2-4,6,8H,5,7H2,1H3,(H,15,16,18). The first kappa shape index (κ1) is 12.8. The van der Waals surface area contributed by atoms with Gasteiger partial charge in [-0.25, -0.2) is 4.98 Å². The third-order valence-corrected chi connectivity index (χ3v) is 3.28. The molecule has 18 heavy (non-hydrogen) atoms. The van der Waals surface area contributed by atoms with E-state index in [4.69, 9.17) is 0 Å². The average molecular weight is 309 g/mol. The maximum Gasteiger partial charge on any atom is 0.267 e. The molecule has 6 heteroatoms. The van der Waals surface area contributed by atoms with Crippen LogP contribution in [0.4, 0.5) is 5.82 Å². The van der Waals surface area contributed by atoms with E-state index >= 15 is 0 Å². The topological polar surface area (TPSA) is 61.9 Å². The molecular formula is C12H13BrN4O. The number of halogens is 1. The third-order valence-electron chi connectivity index (χ3n) is 2.57. The number of pyridine rings is 1. The predicted octanol–water partition coefficient (Wildman–Crippen LogP) is 1.61. The van der Waals surface area contributed by atoms with Crippen molar-refractivity contribution < 1.29 is 0 Å². The molecule has 0 radical (unpaired) electrons. The lowest BCUT2D eigenvalue weighted by Gasteiger charge is -2.18. The van der Waals surface area contributed by atoms with Crippen molar-refractivity contribution in [3.05, 3.63) is 51.2 Å². The maximum atomic E-state index is 11.4. The van der Waals surface area contributed by atoms with Crippen molar-refractivity contribution in [2.75, 3.05) is 18.5 Å². The lowest BCUT2D eigenvalue weighted by molar-refractivity contribution is 0.830. The molecule has 0 aromatic carbocycles. The number of H-pyrrole nitrogens is 1. The molecule has 0 saturated carbocycles. The summed E-state index contributed by atoms with van der Waals surface area (Å²) in [7, 11) is 1.90. The van der Waals surface area contributed by atoms with Gasteiger partial charge in [0.25, 0.3) is 5.56 Å². The molecule has 2 aromatic heterocycles. The Balaban J connectivity index is 2.06. The minimum Gasteiger partial charge on any atom is -0.358 e. The van der Waals surface area contributed by atoms with Gasteiger partial charge in [0.15, 0.2) is 0 Å². The molecule has 0 unspecified atom stereocenters. The third kappa shape index (κ3) is 2.95. The van der Waals surface area contributed by atoms with Gasteiger partial charge in [0.2, 0.25) is 0 Å². The highest BCUT2D eigenvalue weighted by Gasteiger charge is 2.10. The van der Waals surface area contributed by atoms with Crippen molar-refractivity contribution in [1.82, 2.24) is 15.0 Å². The second-order valence-corrected chi connectivity index (χ2v) is 4.65. The van der Waals surface area contributed by atoms with Crippen molar-refractivity contribution in [3.8, 4) is 0 Å². The molecule has 94 valence electrons. The van der Waals surface area contributed by atoms with E-state index < -0.39 is 0 Å². The van der Waals surface area contributed by atoms with E-state index in [-0.39, 0.29) is 5.56 Å². The van der Waals surface area contributed by atoms with Crippen LogP contribution in [-0.4, -0.2) is 28.5 Å². The molecule has 0 amide bonds. The summed E-state index contributed by atoms with van der Waals surface area (Å²) >= 11 is 3.24. The highest BCUT2D eigenvalue weighted by Crippen LogP contribution is 2.17. The van der Waals surface area contributed by atoms with E-state index in [9.17, 15) is 4.79 Å². The van der Waals surface area contributed by atoms with Gasteiger partial charge in [0, 0.05) is 31.9 Å². The van der Waals surface area contributed by atoms with Crippen LogP contribution in [0.1, 0.15) is 5.69 Å². The quantitative estimate of drug-likeness (QED) is 0.932. The van der Waals surface area contributed by atoms with E-state index in [1.165, 1.54) is 6.33 Å². The number of aromatic nitrogens is 3. The molecule has 0 aliphatic heterocycles. The summed E-state index contributed by atoms with van der Waals surface area (Å²) in [6.45, 7) is 0.742. The Morgan fingerprint density at radius 3 is 2.94 bits per heavy atom. The van der Waals surface area contributed by atoms with Crippen LogP contribution in [0.5, 0.6) is 0 Å². The number of hydrogen-bond donors (Lipinski definition) is 1. The van der Waals surface area contributed by atoms with Gasteiger partial charge in [-0.1, -0.05) is 6.07 Å². The number of aromatic amines is 1. The summed E-state index contributed by atoms with van der Waals surface area (Å²) in [6, 6.07) is 5.83. The van der Waals surface area contributed by atoms with Crippen LogP contribution in [0.2, 0.25) is 0 Å². The van der Waals surface area contributed by atoms with Crippen LogP contribution in [0, 0.1) is 0 Å². The second kappa shape index (κ2) is 5.77. The van der Waals surface area contributed by atoms with Gasteiger partial charge in [-0.15, -0.1) is 0 Å². The molecule has 5 nitrogen and oxygen atoms in total. The first-order valence-electron chi connectivity index (χ1n) is 5.52. The van der Waals surface area contributed by atoms with Gasteiger partial charge in [0.1, 0.15) is 10.3 Å². The van der Waals surface area contributed by atoms with Crippen LogP contribution < -0.4 is 10.5 Å². The molecule has 0 saturated heterocycles. The highest BCUT2D eigenvalue weighted by atomic mass is 79.9. The van der Waals surface area contributed by atoms with Crippen LogP contribution in [0.15, 0.2) is 40.0 Å². The Hall–Kier alpha value is -1.69. The van der Waals surface area contributed by atoms with Gasteiger partial charge < -0.3 is 9.88 Å². The molecule has 0 fully saturated rings. The smallest absolute Gasteiger partial charge is 0.267 e. The Kier molecular flexibility index (Phi) is 4.09. The van der Waals surface area contributed by atoms with E-state index in [0.29, 0.717) is 10.3 Å². The molecule has 0 spiro atoms. The number of hydrogen-bond acceptors (Lipinski definition) is 4. The molecule has 1 N–H and O–H groups in total. The fraction of sp³-hybridized carbons (Fsp3) is 0.250. The molecular weight excluding hydrogens is 296 g/mol. The first-order valence-corrected chi connectivity index (χ1v) is 6.32. The predicted molar refractivity (Wildman–Crippen MR) is 73.8 cm³/mol. The number of nitrogens with zero attached hydrogens (tertiary/aromatic N) is 3. The number of nitrogens with one attached hydrogen (secondary N) is 1. The number of rotatable bonds is 4. The van der Waals surface area contributed by atoms with Crippen LogP contribution >= 0.6 is 15.9 Å². The van der Waals surface area contributed by atoms with Gasteiger partial charge in [0.05, 0.1) is 6.33 Å². The van der Waals surface area contributed by atoms with E-state index in [1.807, 2.05) is 30.1 Å². The summed E-state index contributed by atoms with van der Waals surface area (Å²) in [5.41, 5.74) is 0.843. The van der Waals surface area contributed by atoms with E-state index in [1.54, 1.807) is 6.20 Å². The summed E-state index contributed by atoms with van der Waals surface area (Å²) < 4.78 is 0.452. The van der Waals surface area contributed by atoms with Gasteiger partial charge in [-0.2, -0.15) is 0 Å². The van der Waals surface area contributed by atoms with Crippen molar-refractivity contribution in [2.24, 2.45) is 0 Å². The molecule has 0 aliphatic carbocycles. The molecule has 0 atom stereocenters. The molecule has 2 heterocycles. The van der Waals surface area contributed by atoms with Crippen molar-refractivity contribution in [1.29, 1.82) is 0 Å². The zero-order chi connectivity index (χ0) is 13.0. The SMILES string of the molecule is CN(CCc1ccccn1)c1nc[nH]c(=O)c1Br. The Morgan fingerprint density at radius 2 is 2.22 bits per heavy atom. The second-order valence-electron chi connectivity index (χ2n) is 3.86. The van der Waals surface area contributed by atoms with Crippen molar-refractivity contribution in [2.45, 2.75) is 6.42 Å². The fourth-order valence-electron chi connectivity index (χ4n) is 1.57. The van der Waals surface area contributed by atoms with Gasteiger partial charge in [-0.3, -0.25) is 9.78 Å². The fourth-order valence-corrected chi connectivity index (χ4v) is 2.09. The highest BCUT2D eigenvalue weighted by molar-refractivity contribution is 9.10. The Morgan fingerprint density at radius 1 is 1.39 bits per heavy atom. The van der Waals surface area contributed by atoms with Gasteiger partial charge in [-0.05, 0) is 28.1 Å². The number of likely N-dealkylation sites (N-methyl/N-ethyl adjacent to an activating group) is 1. The summed E-state index contributed by atoms with van der Waals surface area (Å²) in [6.07, 6.45) is 3.98. The normalized spacial score (nSPS) is 10.3. The zero-order valence-electron chi connectivity index (χ0n) is 9.93. The largest absolute Gasteiger partial charge is 0.358 e. The molecule has 2 aromatic rings. The molecule has 2 rings (SSSR count). The molecule has 0 bridgehead atoms. The van der Waals surface area contributed by atoms with Crippen molar-refractivity contribution in [3.63, 3.8) is 0 Å². The minimum absolute atomic E-state index is 0.176. The van der Waals surface area contributed by atoms with Crippen LogP contribution in [0.25, 0.3) is 0 Å². The summed E-state index contributed by atoms with van der Waals surface area (Å²) in [5, 5.41) is 0. The first-order chi connectivity index (χ1) is 8.68. The van der Waals surface area contributed by atoms with E-state index in [0.717, 1.165) is 18.7 Å². The summed E-state index contributed by atoms with van der Waals surface area (Å²) in [4.78, 5) is 24.3. The lowest BCUT2D eigenvalue weighted by atomic mass is 10.2. The Labute approximate surface area is 113 Å². The minimum atomic E-state index is -0.176. The van der Waals surface area contributed by atoms with E-state index in [2.05, 4.69) is 30.9 Å². The zero-order valence-corrected chi connectivity index (χ0v) is 11.5. The lowest BCUT2D eigenvalue weighted by Crippen LogP contribution is -2.24. The average Bonchev–Trinajstić information content (AvgIpc) is 2.40.